The quantitative estimate of drug-likeness (QED) is 0.401. The van der Waals surface area contributed by atoms with Gasteiger partial charge in [0.05, 0.1) is 29.8 Å². The minimum atomic E-state index is -0.496. The van der Waals surface area contributed by atoms with Gasteiger partial charge in [0.25, 0.3) is 5.69 Å². The molecule has 23 heavy (non-hydrogen) atoms. The van der Waals surface area contributed by atoms with E-state index < -0.39 is 4.92 Å². The lowest BCUT2D eigenvalue weighted by Gasteiger charge is -2.35. The van der Waals surface area contributed by atoms with Crippen molar-refractivity contribution in [2.24, 2.45) is 0 Å². The Hall–Kier alpha value is -1.48. The third-order valence-electron chi connectivity index (χ3n) is 3.67. The minimum absolute atomic E-state index is 0.0920. The van der Waals surface area contributed by atoms with Gasteiger partial charge in [0.2, 0.25) is 0 Å². The van der Waals surface area contributed by atoms with E-state index in [1.165, 1.54) is 12.3 Å². The number of hydrogen-bond acceptors (Lipinski definition) is 7. The molecule has 1 fully saturated rings. The lowest BCUT2D eigenvalue weighted by atomic mass is 10.3. The zero-order chi connectivity index (χ0) is 16.7. The first-order chi connectivity index (χ1) is 11.1. The highest BCUT2D eigenvalue weighted by atomic mass is 35.5. The lowest BCUT2D eigenvalue weighted by Crippen LogP contribution is -2.47. The molecule has 2 rings (SSSR count). The second kappa shape index (κ2) is 8.97. The Bertz CT molecular complexity index is 523. The number of halogens is 1. The Morgan fingerprint density at radius 2 is 2.04 bits per heavy atom. The van der Waals surface area contributed by atoms with E-state index in [4.69, 9.17) is 21.1 Å². The van der Waals surface area contributed by atoms with Crippen molar-refractivity contribution in [2.75, 3.05) is 64.6 Å². The van der Waals surface area contributed by atoms with E-state index in [-0.39, 0.29) is 5.69 Å². The largest absolute Gasteiger partial charge is 0.382 e. The van der Waals surface area contributed by atoms with Crippen LogP contribution in [0.5, 0.6) is 0 Å². The molecule has 2 heterocycles. The highest BCUT2D eigenvalue weighted by Crippen LogP contribution is 2.27. The fraction of sp³-hybridized carbons (Fsp3) is 0.643. The van der Waals surface area contributed by atoms with Crippen molar-refractivity contribution in [1.82, 2.24) is 9.88 Å². The number of piperazine rings is 1. The summed E-state index contributed by atoms with van der Waals surface area (Å²) in [6.07, 6.45) is 1.25. The Morgan fingerprint density at radius 1 is 1.30 bits per heavy atom. The van der Waals surface area contributed by atoms with Gasteiger partial charge in [0.15, 0.2) is 0 Å². The summed E-state index contributed by atoms with van der Waals surface area (Å²) in [5.74, 6) is 0.605. The average Bonchev–Trinajstić information content (AvgIpc) is 2.55. The fourth-order valence-electron chi connectivity index (χ4n) is 2.37. The topological polar surface area (TPSA) is 81.0 Å². The summed E-state index contributed by atoms with van der Waals surface area (Å²) >= 11 is 6.12. The van der Waals surface area contributed by atoms with E-state index >= 15 is 0 Å². The van der Waals surface area contributed by atoms with Crippen LogP contribution in [0, 0.1) is 10.1 Å². The summed E-state index contributed by atoms with van der Waals surface area (Å²) in [6, 6.07) is 1.35. The van der Waals surface area contributed by atoms with E-state index in [1.54, 1.807) is 7.11 Å². The van der Waals surface area contributed by atoms with Crippen molar-refractivity contribution in [3.05, 3.63) is 27.4 Å². The fourth-order valence-corrected chi connectivity index (χ4v) is 2.65. The zero-order valence-corrected chi connectivity index (χ0v) is 13.9. The number of methoxy groups -OCH3 is 1. The molecule has 0 aromatic carbocycles. The standard InChI is InChI=1S/C14H21ClN4O4/c1-22-8-9-23-7-6-17-2-4-18(5-3-17)14-13(15)10-12(11-16-14)19(20)21/h10-11H,2-9H2,1H3. The van der Waals surface area contributed by atoms with Crippen LogP contribution in [0.25, 0.3) is 0 Å². The van der Waals surface area contributed by atoms with E-state index in [1.807, 2.05) is 4.90 Å². The molecule has 0 amide bonds. The molecule has 0 unspecified atom stereocenters. The van der Waals surface area contributed by atoms with Crippen molar-refractivity contribution in [3.63, 3.8) is 0 Å². The molecule has 1 aliphatic rings. The van der Waals surface area contributed by atoms with Crippen molar-refractivity contribution >= 4 is 23.1 Å². The van der Waals surface area contributed by atoms with Crippen molar-refractivity contribution in [1.29, 1.82) is 0 Å². The Kier molecular flexibility index (Phi) is 6.97. The highest BCUT2D eigenvalue weighted by molar-refractivity contribution is 6.33. The van der Waals surface area contributed by atoms with Crippen molar-refractivity contribution in [2.45, 2.75) is 0 Å². The average molecular weight is 345 g/mol. The molecular formula is C14H21ClN4O4. The molecule has 0 radical (unpaired) electrons. The second-order valence-corrected chi connectivity index (χ2v) is 5.60. The molecule has 0 atom stereocenters. The summed E-state index contributed by atoms with van der Waals surface area (Å²) < 4.78 is 10.4. The third-order valence-corrected chi connectivity index (χ3v) is 3.95. The summed E-state index contributed by atoms with van der Waals surface area (Å²) in [6.45, 7) is 6.09. The number of aromatic nitrogens is 1. The van der Waals surface area contributed by atoms with Gasteiger partial charge in [-0.15, -0.1) is 0 Å². The molecule has 1 saturated heterocycles. The second-order valence-electron chi connectivity index (χ2n) is 5.19. The minimum Gasteiger partial charge on any atom is -0.382 e. The molecule has 128 valence electrons. The summed E-state index contributed by atoms with van der Waals surface area (Å²) in [7, 11) is 1.65. The van der Waals surface area contributed by atoms with Gasteiger partial charge < -0.3 is 14.4 Å². The maximum atomic E-state index is 10.7. The van der Waals surface area contributed by atoms with Crippen molar-refractivity contribution < 1.29 is 14.4 Å². The number of anilines is 1. The number of rotatable bonds is 8. The highest BCUT2D eigenvalue weighted by Gasteiger charge is 2.21. The molecule has 1 aromatic rings. The van der Waals surface area contributed by atoms with Crippen LogP contribution in [-0.4, -0.2) is 74.5 Å². The van der Waals surface area contributed by atoms with Gasteiger partial charge in [-0.1, -0.05) is 11.6 Å². The van der Waals surface area contributed by atoms with Crippen LogP contribution < -0.4 is 4.90 Å². The predicted molar refractivity (Wildman–Crippen MR) is 87.2 cm³/mol. The van der Waals surface area contributed by atoms with Crippen LogP contribution in [0.1, 0.15) is 0 Å². The van der Waals surface area contributed by atoms with Gasteiger partial charge in [-0.05, 0) is 0 Å². The Balaban J connectivity index is 1.79. The molecule has 1 aliphatic heterocycles. The van der Waals surface area contributed by atoms with Crippen LogP contribution >= 0.6 is 11.6 Å². The molecule has 0 saturated carbocycles. The number of pyridine rings is 1. The Labute approximate surface area is 140 Å². The van der Waals surface area contributed by atoms with Crippen LogP contribution in [0.4, 0.5) is 11.5 Å². The molecule has 9 heteroatoms. The zero-order valence-electron chi connectivity index (χ0n) is 13.1. The van der Waals surface area contributed by atoms with E-state index in [0.29, 0.717) is 30.7 Å². The number of ether oxygens (including phenoxy) is 2. The SMILES string of the molecule is COCCOCCN1CCN(c2ncc([N+](=O)[O-])cc2Cl)CC1. The first-order valence-electron chi connectivity index (χ1n) is 7.45. The van der Waals surface area contributed by atoms with E-state index in [9.17, 15) is 10.1 Å². The molecule has 0 bridgehead atoms. The first-order valence-corrected chi connectivity index (χ1v) is 7.83. The first kappa shape index (κ1) is 17.9. The summed E-state index contributed by atoms with van der Waals surface area (Å²) in [5.41, 5.74) is -0.0920. The molecule has 8 nitrogen and oxygen atoms in total. The van der Waals surface area contributed by atoms with Crippen LogP contribution in [0.2, 0.25) is 5.02 Å². The van der Waals surface area contributed by atoms with Gasteiger partial charge in [-0.3, -0.25) is 15.0 Å². The number of hydrogen-bond donors (Lipinski definition) is 0. The van der Waals surface area contributed by atoms with Gasteiger partial charge in [0, 0.05) is 45.9 Å². The van der Waals surface area contributed by atoms with Gasteiger partial charge in [-0.25, -0.2) is 4.98 Å². The van der Waals surface area contributed by atoms with Gasteiger partial charge in [-0.2, -0.15) is 0 Å². The molecular weight excluding hydrogens is 324 g/mol. The third kappa shape index (κ3) is 5.28. The monoisotopic (exact) mass is 344 g/mol. The number of nitrogens with zero attached hydrogens (tertiary/aromatic N) is 4. The molecule has 0 N–H and O–H groups in total. The van der Waals surface area contributed by atoms with Gasteiger partial charge >= 0.3 is 0 Å². The normalized spacial score (nSPS) is 15.8. The maximum Gasteiger partial charge on any atom is 0.289 e. The van der Waals surface area contributed by atoms with Crippen LogP contribution in [0.3, 0.4) is 0 Å². The summed E-state index contributed by atoms with van der Waals surface area (Å²) in [4.78, 5) is 18.7. The van der Waals surface area contributed by atoms with E-state index in [2.05, 4.69) is 9.88 Å². The van der Waals surface area contributed by atoms with Crippen LogP contribution in [0.15, 0.2) is 12.3 Å². The van der Waals surface area contributed by atoms with Crippen molar-refractivity contribution in [3.8, 4) is 0 Å². The summed E-state index contributed by atoms with van der Waals surface area (Å²) in [5, 5.41) is 11.0. The molecule has 0 aliphatic carbocycles. The van der Waals surface area contributed by atoms with Gasteiger partial charge in [0.1, 0.15) is 12.0 Å². The smallest absolute Gasteiger partial charge is 0.289 e. The predicted octanol–water partition coefficient (Wildman–Crippen LogP) is 1.43. The molecule has 0 spiro atoms. The molecule has 1 aromatic heterocycles. The van der Waals surface area contributed by atoms with E-state index in [0.717, 1.165) is 32.7 Å². The lowest BCUT2D eigenvalue weighted by molar-refractivity contribution is -0.385. The van der Waals surface area contributed by atoms with Crippen LogP contribution in [-0.2, 0) is 9.47 Å². The Morgan fingerprint density at radius 3 is 2.65 bits per heavy atom. The maximum absolute atomic E-state index is 10.7. The number of nitro groups is 1.